The normalized spacial score (nSPS) is 24.2. The van der Waals surface area contributed by atoms with Crippen molar-refractivity contribution < 1.29 is 4.79 Å². The summed E-state index contributed by atoms with van der Waals surface area (Å²) in [6, 6.07) is 4.62. The van der Waals surface area contributed by atoms with Gasteiger partial charge in [-0.3, -0.25) is 9.69 Å². The third kappa shape index (κ3) is 4.81. The number of nitrogens with one attached hydrogen (secondary N) is 1. The minimum Gasteiger partial charge on any atom is -0.368 e. The first-order chi connectivity index (χ1) is 13.2. The lowest BCUT2D eigenvalue weighted by molar-refractivity contribution is 0.0958. The summed E-state index contributed by atoms with van der Waals surface area (Å²) in [6.45, 7) is 9.08. The molecule has 1 aromatic rings. The van der Waals surface area contributed by atoms with E-state index in [1.165, 1.54) is 38.5 Å². The molecule has 0 bridgehead atoms. The second-order valence-electron chi connectivity index (χ2n) is 8.15. The quantitative estimate of drug-likeness (QED) is 0.829. The SMILES string of the molecule is CCC(CC)C1CCC(N2CCN(c3ccc(C(=O)NC)nc3)CC2)CC1. The van der Waals surface area contributed by atoms with E-state index in [-0.39, 0.29) is 5.91 Å². The van der Waals surface area contributed by atoms with Crippen molar-refractivity contribution in [2.75, 3.05) is 38.1 Å². The predicted molar refractivity (Wildman–Crippen MR) is 111 cm³/mol. The van der Waals surface area contributed by atoms with E-state index in [0.717, 1.165) is 49.7 Å². The van der Waals surface area contributed by atoms with E-state index in [0.29, 0.717) is 5.69 Å². The highest BCUT2D eigenvalue weighted by Gasteiger charge is 2.30. The Balaban J connectivity index is 1.47. The van der Waals surface area contributed by atoms with E-state index in [1.807, 2.05) is 18.3 Å². The van der Waals surface area contributed by atoms with Crippen LogP contribution >= 0.6 is 0 Å². The van der Waals surface area contributed by atoms with Crippen molar-refractivity contribution >= 4 is 11.6 Å². The fourth-order valence-electron chi connectivity index (χ4n) is 5.07. The fourth-order valence-corrected chi connectivity index (χ4v) is 5.07. The highest BCUT2D eigenvalue weighted by molar-refractivity contribution is 5.92. The van der Waals surface area contributed by atoms with Crippen LogP contribution in [0.1, 0.15) is 62.9 Å². The summed E-state index contributed by atoms with van der Waals surface area (Å²) in [6.07, 6.45) is 10.1. The Morgan fingerprint density at radius 1 is 1.11 bits per heavy atom. The van der Waals surface area contributed by atoms with Crippen molar-refractivity contribution in [2.24, 2.45) is 11.8 Å². The van der Waals surface area contributed by atoms with Crippen LogP contribution in [0.4, 0.5) is 5.69 Å². The summed E-state index contributed by atoms with van der Waals surface area (Å²) in [5, 5.41) is 2.62. The maximum absolute atomic E-state index is 11.6. The molecule has 5 nitrogen and oxygen atoms in total. The zero-order chi connectivity index (χ0) is 19.2. The van der Waals surface area contributed by atoms with Crippen LogP contribution in [0.5, 0.6) is 0 Å². The Morgan fingerprint density at radius 3 is 2.30 bits per heavy atom. The molecule has 2 heterocycles. The van der Waals surface area contributed by atoms with Crippen LogP contribution in [-0.4, -0.2) is 55.1 Å². The minimum atomic E-state index is -0.129. The highest BCUT2D eigenvalue weighted by Crippen LogP contribution is 2.35. The van der Waals surface area contributed by atoms with Gasteiger partial charge >= 0.3 is 0 Å². The first kappa shape index (κ1) is 20.1. The Hall–Kier alpha value is -1.62. The van der Waals surface area contributed by atoms with Gasteiger partial charge in [-0.15, -0.1) is 0 Å². The van der Waals surface area contributed by atoms with Crippen molar-refractivity contribution in [3.8, 4) is 0 Å². The van der Waals surface area contributed by atoms with Gasteiger partial charge in [0.05, 0.1) is 11.9 Å². The minimum absolute atomic E-state index is 0.129. The van der Waals surface area contributed by atoms with Crippen LogP contribution in [0.15, 0.2) is 18.3 Å². The molecule has 150 valence electrons. The molecule has 1 N–H and O–H groups in total. The maximum Gasteiger partial charge on any atom is 0.269 e. The van der Waals surface area contributed by atoms with Crippen LogP contribution in [0, 0.1) is 11.8 Å². The molecule has 2 aliphatic rings. The lowest BCUT2D eigenvalue weighted by Gasteiger charge is -2.43. The van der Waals surface area contributed by atoms with Crippen LogP contribution < -0.4 is 10.2 Å². The van der Waals surface area contributed by atoms with Crippen molar-refractivity contribution in [3.05, 3.63) is 24.0 Å². The van der Waals surface area contributed by atoms with Crippen LogP contribution in [-0.2, 0) is 0 Å². The third-order valence-corrected chi connectivity index (χ3v) is 6.86. The number of carbonyl (C=O) groups is 1. The highest BCUT2D eigenvalue weighted by atomic mass is 16.1. The van der Waals surface area contributed by atoms with Gasteiger partial charge in [-0.1, -0.05) is 26.7 Å². The molecule has 1 saturated carbocycles. The van der Waals surface area contributed by atoms with Gasteiger partial charge in [0, 0.05) is 39.3 Å². The van der Waals surface area contributed by atoms with Gasteiger partial charge in [-0.25, -0.2) is 4.98 Å². The molecule has 1 amide bonds. The average Bonchev–Trinajstić information content (AvgIpc) is 2.75. The number of anilines is 1. The summed E-state index contributed by atoms with van der Waals surface area (Å²) < 4.78 is 0. The van der Waals surface area contributed by atoms with Crippen LogP contribution in [0.25, 0.3) is 0 Å². The van der Waals surface area contributed by atoms with E-state index < -0.39 is 0 Å². The standard InChI is InChI=1S/C22H36N4O/c1-4-17(5-2)18-6-8-19(9-7-18)25-12-14-26(15-13-25)20-10-11-21(24-16-20)22(27)23-3/h10-11,16-19H,4-9,12-15H2,1-3H3,(H,23,27). The summed E-state index contributed by atoms with van der Waals surface area (Å²) in [5.74, 6) is 1.77. The Bertz CT molecular complexity index is 583. The van der Waals surface area contributed by atoms with Crippen molar-refractivity contribution in [3.63, 3.8) is 0 Å². The summed E-state index contributed by atoms with van der Waals surface area (Å²) in [7, 11) is 1.63. The van der Waals surface area contributed by atoms with Gasteiger partial charge in [0.2, 0.25) is 0 Å². The van der Waals surface area contributed by atoms with Crippen molar-refractivity contribution in [1.82, 2.24) is 15.2 Å². The average molecular weight is 373 g/mol. The number of nitrogens with zero attached hydrogens (tertiary/aromatic N) is 3. The molecule has 5 heteroatoms. The van der Waals surface area contributed by atoms with E-state index in [9.17, 15) is 4.79 Å². The fraction of sp³-hybridized carbons (Fsp3) is 0.727. The molecular weight excluding hydrogens is 336 g/mol. The maximum atomic E-state index is 11.6. The molecule has 3 rings (SSSR count). The van der Waals surface area contributed by atoms with Gasteiger partial charge in [-0.2, -0.15) is 0 Å². The van der Waals surface area contributed by atoms with Gasteiger partial charge in [0.1, 0.15) is 5.69 Å². The van der Waals surface area contributed by atoms with Crippen molar-refractivity contribution in [1.29, 1.82) is 0 Å². The number of hydrogen-bond donors (Lipinski definition) is 1. The van der Waals surface area contributed by atoms with Gasteiger partial charge in [0.25, 0.3) is 5.91 Å². The molecule has 0 atom stereocenters. The number of amides is 1. The second-order valence-corrected chi connectivity index (χ2v) is 8.15. The topological polar surface area (TPSA) is 48.5 Å². The molecule has 0 spiro atoms. The molecule has 1 aliphatic carbocycles. The first-order valence-corrected chi connectivity index (χ1v) is 10.8. The molecular formula is C22H36N4O. The number of pyridine rings is 1. The first-order valence-electron chi connectivity index (χ1n) is 10.8. The smallest absolute Gasteiger partial charge is 0.269 e. The second kappa shape index (κ2) is 9.54. The molecule has 2 fully saturated rings. The van der Waals surface area contributed by atoms with Crippen molar-refractivity contribution in [2.45, 2.75) is 58.4 Å². The van der Waals surface area contributed by atoms with E-state index in [4.69, 9.17) is 0 Å². The molecule has 0 aromatic carbocycles. The monoisotopic (exact) mass is 372 g/mol. The van der Waals surface area contributed by atoms with E-state index >= 15 is 0 Å². The van der Waals surface area contributed by atoms with E-state index in [2.05, 4.69) is 33.9 Å². The lowest BCUT2D eigenvalue weighted by Crippen LogP contribution is -2.51. The summed E-state index contributed by atoms with van der Waals surface area (Å²) in [5.41, 5.74) is 1.61. The third-order valence-electron chi connectivity index (χ3n) is 6.86. The summed E-state index contributed by atoms with van der Waals surface area (Å²) in [4.78, 5) is 21.0. The molecule has 1 saturated heterocycles. The van der Waals surface area contributed by atoms with Gasteiger partial charge < -0.3 is 10.2 Å². The molecule has 0 radical (unpaired) electrons. The van der Waals surface area contributed by atoms with Gasteiger partial charge in [-0.05, 0) is 49.7 Å². The largest absolute Gasteiger partial charge is 0.368 e. The lowest BCUT2D eigenvalue weighted by atomic mass is 9.76. The number of aromatic nitrogens is 1. The Labute approximate surface area is 164 Å². The molecule has 1 aromatic heterocycles. The molecule has 0 unspecified atom stereocenters. The zero-order valence-corrected chi connectivity index (χ0v) is 17.3. The van der Waals surface area contributed by atoms with Crippen LogP contribution in [0.3, 0.4) is 0 Å². The van der Waals surface area contributed by atoms with Crippen LogP contribution in [0.2, 0.25) is 0 Å². The summed E-state index contributed by atoms with van der Waals surface area (Å²) >= 11 is 0. The Kier molecular flexibility index (Phi) is 7.11. The Morgan fingerprint density at radius 2 is 1.78 bits per heavy atom. The number of carbonyl (C=O) groups excluding carboxylic acids is 1. The number of piperazine rings is 1. The number of rotatable bonds is 6. The van der Waals surface area contributed by atoms with Gasteiger partial charge in [0.15, 0.2) is 0 Å². The molecule has 1 aliphatic heterocycles. The predicted octanol–water partition coefficient (Wildman–Crippen LogP) is 3.56. The van der Waals surface area contributed by atoms with E-state index in [1.54, 1.807) is 7.05 Å². The zero-order valence-electron chi connectivity index (χ0n) is 17.3. The molecule has 27 heavy (non-hydrogen) atoms. The number of hydrogen-bond acceptors (Lipinski definition) is 4.